The van der Waals surface area contributed by atoms with Crippen molar-refractivity contribution >= 4 is 0 Å². The topological polar surface area (TPSA) is 12.0 Å². The number of hydrogen-bond acceptors (Lipinski definition) is 1. The minimum atomic E-state index is 0.576. The van der Waals surface area contributed by atoms with E-state index in [-0.39, 0.29) is 0 Å². The second kappa shape index (κ2) is 4.45. The fourth-order valence-corrected chi connectivity index (χ4v) is 5.02. The molecule has 0 aromatic heterocycles. The van der Waals surface area contributed by atoms with E-state index in [1.165, 1.54) is 25.7 Å². The summed E-state index contributed by atoms with van der Waals surface area (Å²) < 4.78 is 0. The Bertz CT molecular complexity index is 690. The number of rotatable bonds is 0. The van der Waals surface area contributed by atoms with E-state index < -0.39 is 0 Å². The number of hydrogen-bond donors (Lipinski definition) is 1. The van der Waals surface area contributed by atoms with E-state index in [1.807, 2.05) is 0 Å². The Kier molecular flexibility index (Phi) is 2.54. The molecule has 0 radical (unpaired) electrons. The zero-order chi connectivity index (χ0) is 13.8. The number of benzene rings is 2. The van der Waals surface area contributed by atoms with Crippen LogP contribution in [0.25, 0.3) is 0 Å². The van der Waals surface area contributed by atoms with Crippen LogP contribution in [0.3, 0.4) is 0 Å². The molecule has 2 aromatic carbocycles. The number of nitrogens with one attached hydrogen (secondary N) is 1. The molecule has 3 aliphatic rings. The van der Waals surface area contributed by atoms with Gasteiger partial charge in [-0.3, -0.25) is 0 Å². The fourth-order valence-electron chi connectivity index (χ4n) is 5.02. The minimum Gasteiger partial charge on any atom is -0.307 e. The average molecular weight is 275 g/mol. The summed E-state index contributed by atoms with van der Waals surface area (Å²) in [6.45, 7) is 0. The third-order valence-corrected chi connectivity index (χ3v) is 5.95. The van der Waals surface area contributed by atoms with Crippen LogP contribution in [0.4, 0.5) is 0 Å². The van der Waals surface area contributed by atoms with Crippen molar-refractivity contribution in [1.29, 1.82) is 0 Å². The fraction of sp³-hybridized carbons (Fsp3) is 0.400. The summed E-state index contributed by atoms with van der Waals surface area (Å²) in [5.74, 6) is 1.64. The third-order valence-electron chi connectivity index (χ3n) is 5.95. The zero-order valence-corrected chi connectivity index (χ0v) is 12.3. The SMILES string of the molecule is c1ccc2c(c1)CC1CC3Cc4ccccc4C(N3)C1C2. The van der Waals surface area contributed by atoms with E-state index in [9.17, 15) is 0 Å². The zero-order valence-electron chi connectivity index (χ0n) is 12.3. The molecule has 2 heterocycles. The molecule has 1 N–H and O–H groups in total. The predicted molar refractivity (Wildman–Crippen MR) is 85.3 cm³/mol. The normalized spacial score (nSPS) is 32.8. The quantitative estimate of drug-likeness (QED) is 0.773. The van der Waals surface area contributed by atoms with Gasteiger partial charge in [-0.05, 0) is 59.8 Å². The van der Waals surface area contributed by atoms with Gasteiger partial charge in [0.25, 0.3) is 0 Å². The summed E-state index contributed by atoms with van der Waals surface area (Å²) >= 11 is 0. The van der Waals surface area contributed by atoms with Gasteiger partial charge in [-0.25, -0.2) is 0 Å². The van der Waals surface area contributed by atoms with Crippen LogP contribution in [-0.2, 0) is 19.3 Å². The molecule has 1 saturated heterocycles. The van der Waals surface area contributed by atoms with Gasteiger partial charge in [-0.2, -0.15) is 0 Å². The van der Waals surface area contributed by atoms with Crippen molar-refractivity contribution in [2.75, 3.05) is 0 Å². The summed E-state index contributed by atoms with van der Waals surface area (Å²) in [5.41, 5.74) is 6.35. The Labute approximate surface area is 126 Å². The Balaban J connectivity index is 1.58. The van der Waals surface area contributed by atoms with Crippen molar-refractivity contribution in [1.82, 2.24) is 5.32 Å². The van der Waals surface area contributed by atoms with Crippen LogP contribution in [0, 0.1) is 11.8 Å². The number of fused-ring (bicyclic) bond motifs is 7. The van der Waals surface area contributed by atoms with Crippen LogP contribution in [0.5, 0.6) is 0 Å². The molecule has 0 spiro atoms. The van der Waals surface area contributed by atoms with Crippen molar-refractivity contribution in [3.05, 3.63) is 70.8 Å². The first-order valence-electron chi connectivity index (χ1n) is 8.29. The van der Waals surface area contributed by atoms with Gasteiger partial charge in [0.1, 0.15) is 0 Å². The Morgan fingerprint density at radius 3 is 2.33 bits per heavy atom. The van der Waals surface area contributed by atoms with Gasteiger partial charge in [0, 0.05) is 12.1 Å². The average Bonchev–Trinajstić information content (AvgIpc) is 2.53. The van der Waals surface area contributed by atoms with Crippen LogP contribution in [0.15, 0.2) is 48.5 Å². The molecule has 4 unspecified atom stereocenters. The maximum Gasteiger partial charge on any atom is 0.0359 e. The highest BCUT2D eigenvalue weighted by molar-refractivity contribution is 5.38. The summed E-state index contributed by atoms with van der Waals surface area (Å²) in [4.78, 5) is 0. The first-order chi connectivity index (χ1) is 10.4. The van der Waals surface area contributed by atoms with Gasteiger partial charge >= 0.3 is 0 Å². The molecule has 0 amide bonds. The molecule has 4 atom stereocenters. The molecule has 2 aliphatic heterocycles. The lowest BCUT2D eigenvalue weighted by atomic mass is 9.63. The summed E-state index contributed by atoms with van der Waals surface area (Å²) in [6, 6.07) is 19.5. The van der Waals surface area contributed by atoms with E-state index in [0.717, 1.165) is 11.8 Å². The van der Waals surface area contributed by atoms with Gasteiger partial charge in [0.05, 0.1) is 0 Å². The summed E-state index contributed by atoms with van der Waals surface area (Å²) in [6.07, 6.45) is 5.11. The minimum absolute atomic E-state index is 0.576. The van der Waals surface area contributed by atoms with Crippen LogP contribution >= 0.6 is 0 Å². The van der Waals surface area contributed by atoms with Gasteiger partial charge < -0.3 is 5.32 Å². The first-order valence-corrected chi connectivity index (χ1v) is 8.29. The lowest BCUT2D eigenvalue weighted by molar-refractivity contribution is 0.127. The smallest absolute Gasteiger partial charge is 0.0359 e. The lowest BCUT2D eigenvalue weighted by Gasteiger charge is -2.49. The van der Waals surface area contributed by atoms with Gasteiger partial charge in [0.15, 0.2) is 0 Å². The molecular formula is C20H21N. The molecular weight excluding hydrogens is 254 g/mol. The van der Waals surface area contributed by atoms with E-state index >= 15 is 0 Å². The molecule has 1 fully saturated rings. The van der Waals surface area contributed by atoms with E-state index in [1.54, 1.807) is 22.3 Å². The second-order valence-electron chi connectivity index (χ2n) is 7.08. The second-order valence-corrected chi connectivity index (χ2v) is 7.08. The molecule has 0 saturated carbocycles. The van der Waals surface area contributed by atoms with Crippen molar-refractivity contribution in [3.63, 3.8) is 0 Å². The molecule has 2 aromatic rings. The van der Waals surface area contributed by atoms with Crippen LogP contribution in [-0.4, -0.2) is 6.04 Å². The molecule has 21 heavy (non-hydrogen) atoms. The van der Waals surface area contributed by atoms with Gasteiger partial charge in [0.2, 0.25) is 0 Å². The van der Waals surface area contributed by atoms with Crippen molar-refractivity contribution in [2.45, 2.75) is 37.8 Å². The van der Waals surface area contributed by atoms with Crippen LogP contribution < -0.4 is 5.32 Å². The van der Waals surface area contributed by atoms with E-state index in [4.69, 9.17) is 0 Å². The third kappa shape index (κ3) is 1.80. The highest BCUT2D eigenvalue weighted by Crippen LogP contribution is 2.46. The van der Waals surface area contributed by atoms with E-state index in [0.29, 0.717) is 12.1 Å². The molecule has 1 nitrogen and oxygen atoms in total. The van der Waals surface area contributed by atoms with Crippen molar-refractivity contribution in [2.24, 2.45) is 11.8 Å². The van der Waals surface area contributed by atoms with Crippen molar-refractivity contribution in [3.8, 4) is 0 Å². The summed E-state index contributed by atoms with van der Waals surface area (Å²) in [7, 11) is 0. The van der Waals surface area contributed by atoms with Crippen molar-refractivity contribution < 1.29 is 0 Å². The standard InChI is InChI=1S/C20H21N/c1-2-6-14-12-19-16(9-13(14)5-1)11-17-10-15-7-3-4-8-18(15)20(19)21-17/h1-8,16-17,19-21H,9-12H2. The molecule has 2 bridgehead atoms. The Morgan fingerprint density at radius 2 is 1.48 bits per heavy atom. The van der Waals surface area contributed by atoms with Gasteiger partial charge in [-0.1, -0.05) is 48.5 Å². The highest BCUT2D eigenvalue weighted by atomic mass is 15.0. The molecule has 1 heteroatoms. The lowest BCUT2D eigenvalue weighted by Crippen LogP contribution is -2.52. The molecule has 5 rings (SSSR count). The highest BCUT2D eigenvalue weighted by Gasteiger charge is 2.43. The largest absolute Gasteiger partial charge is 0.307 e. The predicted octanol–water partition coefficient (Wildman–Crippen LogP) is 3.68. The molecule has 106 valence electrons. The van der Waals surface area contributed by atoms with Crippen LogP contribution in [0.2, 0.25) is 0 Å². The number of piperidine rings is 1. The van der Waals surface area contributed by atoms with Crippen LogP contribution in [0.1, 0.15) is 34.7 Å². The Hall–Kier alpha value is -1.60. The molecule has 1 aliphatic carbocycles. The monoisotopic (exact) mass is 275 g/mol. The van der Waals surface area contributed by atoms with Gasteiger partial charge in [-0.15, -0.1) is 0 Å². The Morgan fingerprint density at radius 1 is 0.762 bits per heavy atom. The first kappa shape index (κ1) is 12.0. The maximum atomic E-state index is 3.94. The van der Waals surface area contributed by atoms with E-state index in [2.05, 4.69) is 53.8 Å². The summed E-state index contributed by atoms with van der Waals surface area (Å²) in [5, 5.41) is 3.94. The maximum absolute atomic E-state index is 3.94.